The van der Waals surface area contributed by atoms with E-state index in [4.69, 9.17) is 14.6 Å². The zero-order valence-corrected chi connectivity index (χ0v) is 13.8. The molecule has 0 aromatic rings. The molecule has 1 rings (SSSR count). The van der Waals surface area contributed by atoms with Crippen LogP contribution in [0.2, 0.25) is 18.1 Å². The van der Waals surface area contributed by atoms with Gasteiger partial charge in [0.05, 0.1) is 13.7 Å². The first kappa shape index (κ1) is 15.9. The summed E-state index contributed by atoms with van der Waals surface area (Å²) >= 11 is 0. The number of ether oxygens (including phenoxy) is 1. The second-order valence-electron chi connectivity index (χ2n) is 6.20. The molecule has 0 heterocycles. The Balaban J connectivity index is 2.67. The van der Waals surface area contributed by atoms with Gasteiger partial charge in [0, 0.05) is 5.57 Å². The molecule has 1 aliphatic carbocycles. The van der Waals surface area contributed by atoms with Crippen LogP contribution in [0.15, 0.2) is 35.6 Å². The van der Waals surface area contributed by atoms with Gasteiger partial charge in [0.25, 0.3) is 0 Å². The fourth-order valence-electron chi connectivity index (χ4n) is 1.44. The van der Waals surface area contributed by atoms with Crippen LogP contribution in [0.5, 0.6) is 0 Å². The van der Waals surface area contributed by atoms with E-state index in [1.54, 1.807) is 13.2 Å². The average molecular weight is 279 g/mol. The maximum atomic E-state index is 8.00. The van der Waals surface area contributed by atoms with Gasteiger partial charge in [-0.15, -0.1) is 0 Å². The molecule has 0 bridgehead atoms. The van der Waals surface area contributed by atoms with Crippen molar-refractivity contribution in [3.8, 4) is 0 Å². The van der Waals surface area contributed by atoms with Crippen LogP contribution in [0.25, 0.3) is 0 Å². The first-order valence-corrected chi connectivity index (χ1v) is 9.45. The zero-order chi connectivity index (χ0) is 14.7. The minimum absolute atomic E-state index is 0.207. The number of rotatable bonds is 4. The molecule has 0 fully saturated rings. The molecule has 1 aliphatic rings. The Bertz CT molecular complexity index is 440. The van der Waals surface area contributed by atoms with Crippen molar-refractivity contribution in [1.29, 1.82) is 5.41 Å². The Morgan fingerprint density at radius 1 is 1.32 bits per heavy atom. The summed E-state index contributed by atoms with van der Waals surface area (Å²) in [6.45, 7) is 11.7. The second kappa shape index (κ2) is 5.88. The Morgan fingerprint density at radius 3 is 2.47 bits per heavy atom. The van der Waals surface area contributed by atoms with Gasteiger partial charge in [0.15, 0.2) is 8.32 Å². The quantitative estimate of drug-likeness (QED) is 0.789. The van der Waals surface area contributed by atoms with Crippen LogP contribution >= 0.6 is 0 Å². The minimum atomic E-state index is -1.72. The SMILES string of the molecule is COC1=CC=C/C(=C\CO[Si](C)(C)C(C)(C)C)C1=N. The van der Waals surface area contributed by atoms with Crippen molar-refractivity contribution < 1.29 is 9.16 Å². The lowest BCUT2D eigenvalue weighted by Gasteiger charge is -2.35. The molecule has 0 spiro atoms. The van der Waals surface area contributed by atoms with Gasteiger partial charge in [-0.05, 0) is 24.2 Å². The molecular formula is C15H25NO2Si. The summed E-state index contributed by atoms with van der Waals surface area (Å²) in [6.07, 6.45) is 7.58. The number of hydrogen-bond donors (Lipinski definition) is 1. The highest BCUT2D eigenvalue weighted by Gasteiger charge is 2.36. The zero-order valence-electron chi connectivity index (χ0n) is 12.8. The molecule has 0 aromatic carbocycles. The average Bonchev–Trinajstić information content (AvgIpc) is 2.29. The second-order valence-corrected chi connectivity index (χ2v) is 11.0. The molecule has 0 aromatic heterocycles. The summed E-state index contributed by atoms with van der Waals surface area (Å²) < 4.78 is 11.2. The van der Waals surface area contributed by atoms with Gasteiger partial charge in [-0.2, -0.15) is 0 Å². The predicted octanol–water partition coefficient (Wildman–Crippen LogP) is 4.05. The highest BCUT2D eigenvalue weighted by atomic mass is 28.4. The monoisotopic (exact) mass is 279 g/mol. The van der Waals surface area contributed by atoms with E-state index >= 15 is 0 Å². The van der Waals surface area contributed by atoms with Crippen LogP contribution in [0.1, 0.15) is 20.8 Å². The van der Waals surface area contributed by atoms with Gasteiger partial charge in [0.2, 0.25) is 0 Å². The van der Waals surface area contributed by atoms with E-state index in [2.05, 4.69) is 33.9 Å². The molecular weight excluding hydrogens is 254 g/mol. The normalized spacial score (nSPS) is 18.7. The van der Waals surface area contributed by atoms with Gasteiger partial charge >= 0.3 is 0 Å². The molecule has 0 unspecified atom stereocenters. The Morgan fingerprint density at radius 2 is 1.95 bits per heavy atom. The maximum absolute atomic E-state index is 8.00. The molecule has 0 saturated carbocycles. The summed E-state index contributed by atoms with van der Waals surface area (Å²) in [4.78, 5) is 0. The van der Waals surface area contributed by atoms with E-state index in [-0.39, 0.29) is 5.04 Å². The van der Waals surface area contributed by atoms with E-state index in [0.717, 1.165) is 5.57 Å². The molecule has 0 aliphatic heterocycles. The fourth-order valence-corrected chi connectivity index (χ4v) is 2.38. The number of methoxy groups -OCH3 is 1. The summed E-state index contributed by atoms with van der Waals surface area (Å²) in [6, 6.07) is 0. The van der Waals surface area contributed by atoms with Crippen LogP contribution in [-0.2, 0) is 9.16 Å². The van der Waals surface area contributed by atoms with Gasteiger partial charge < -0.3 is 9.16 Å². The first-order chi connectivity index (χ1) is 8.69. The van der Waals surface area contributed by atoms with Crippen LogP contribution in [0.3, 0.4) is 0 Å². The van der Waals surface area contributed by atoms with Crippen LogP contribution in [0, 0.1) is 5.41 Å². The standard InChI is InChI=1S/C15H25NO2Si/c1-15(2,3)19(5,6)18-11-10-12-8-7-9-13(17-4)14(12)16/h7-10,16H,11H2,1-6H3/b12-10+,16-14?. The van der Waals surface area contributed by atoms with E-state index < -0.39 is 8.32 Å². The molecule has 19 heavy (non-hydrogen) atoms. The van der Waals surface area contributed by atoms with E-state index in [9.17, 15) is 0 Å². The van der Waals surface area contributed by atoms with Crippen molar-refractivity contribution in [2.45, 2.75) is 38.9 Å². The molecule has 4 heteroatoms. The molecule has 0 radical (unpaired) electrons. The highest BCUT2D eigenvalue weighted by Crippen LogP contribution is 2.36. The maximum Gasteiger partial charge on any atom is 0.192 e. The molecule has 0 saturated heterocycles. The van der Waals surface area contributed by atoms with Crippen LogP contribution in [0.4, 0.5) is 0 Å². The third-order valence-electron chi connectivity index (χ3n) is 3.83. The van der Waals surface area contributed by atoms with Crippen molar-refractivity contribution in [2.24, 2.45) is 0 Å². The summed E-state index contributed by atoms with van der Waals surface area (Å²) in [5.74, 6) is 0.598. The third kappa shape index (κ3) is 3.91. The van der Waals surface area contributed by atoms with Crippen molar-refractivity contribution in [3.05, 3.63) is 35.6 Å². The predicted molar refractivity (Wildman–Crippen MR) is 83.2 cm³/mol. The first-order valence-electron chi connectivity index (χ1n) is 6.55. The summed E-state index contributed by atoms with van der Waals surface area (Å²) in [7, 11) is -0.135. The van der Waals surface area contributed by atoms with E-state index in [1.165, 1.54) is 0 Å². The highest BCUT2D eigenvalue weighted by molar-refractivity contribution is 6.74. The van der Waals surface area contributed by atoms with Gasteiger partial charge in [-0.3, -0.25) is 5.41 Å². The lowest BCUT2D eigenvalue weighted by atomic mass is 10.0. The number of nitrogens with one attached hydrogen (secondary N) is 1. The third-order valence-corrected chi connectivity index (χ3v) is 8.33. The molecule has 1 N–H and O–H groups in total. The molecule has 3 nitrogen and oxygen atoms in total. The van der Waals surface area contributed by atoms with Gasteiger partial charge in [-0.1, -0.05) is 39.0 Å². The number of allylic oxidation sites excluding steroid dienone is 4. The van der Waals surface area contributed by atoms with Crippen molar-refractivity contribution in [1.82, 2.24) is 0 Å². The Labute approximate surface area is 117 Å². The summed E-state index contributed by atoms with van der Waals surface area (Å²) in [5, 5.41) is 8.21. The lowest BCUT2D eigenvalue weighted by molar-refractivity contribution is 0.314. The molecule has 0 amide bonds. The smallest absolute Gasteiger partial charge is 0.192 e. The van der Waals surface area contributed by atoms with E-state index in [0.29, 0.717) is 18.1 Å². The van der Waals surface area contributed by atoms with Gasteiger partial charge in [-0.25, -0.2) is 0 Å². The molecule has 106 valence electrons. The minimum Gasteiger partial charge on any atom is -0.494 e. The topological polar surface area (TPSA) is 42.3 Å². The lowest BCUT2D eigenvalue weighted by Crippen LogP contribution is -2.40. The van der Waals surface area contributed by atoms with Crippen molar-refractivity contribution in [3.63, 3.8) is 0 Å². The Kier molecular flexibility index (Phi) is 4.93. The van der Waals surface area contributed by atoms with Crippen LogP contribution < -0.4 is 0 Å². The molecule has 0 atom stereocenters. The van der Waals surface area contributed by atoms with Crippen LogP contribution in [-0.4, -0.2) is 27.7 Å². The van der Waals surface area contributed by atoms with Crippen molar-refractivity contribution >= 4 is 14.0 Å². The largest absolute Gasteiger partial charge is 0.494 e. The Hall–Kier alpha value is -1.13. The fraction of sp³-hybridized carbons (Fsp3) is 0.533. The van der Waals surface area contributed by atoms with E-state index in [1.807, 2.05) is 18.2 Å². The van der Waals surface area contributed by atoms with Gasteiger partial charge in [0.1, 0.15) is 11.5 Å². The summed E-state index contributed by atoms with van der Waals surface area (Å²) in [5.41, 5.74) is 1.28. The number of hydrogen-bond acceptors (Lipinski definition) is 3. The van der Waals surface area contributed by atoms with Crippen molar-refractivity contribution in [2.75, 3.05) is 13.7 Å².